The lowest BCUT2D eigenvalue weighted by Gasteiger charge is -2.31. The number of aromatic nitrogens is 3. The molecule has 30 heavy (non-hydrogen) atoms. The first-order valence-corrected chi connectivity index (χ1v) is 12.1. The van der Waals surface area contributed by atoms with Crippen LogP contribution < -0.4 is 10.2 Å². The average Bonchev–Trinajstić information content (AvgIpc) is 3.35. The molecule has 3 fully saturated rings. The number of nitrogens with zero attached hydrogens (tertiary/aromatic N) is 5. The molecule has 1 aromatic rings. The highest BCUT2D eigenvalue weighted by atomic mass is 32.2. The number of hydrogen-bond donors (Lipinski definition) is 1. The van der Waals surface area contributed by atoms with Crippen molar-refractivity contribution in [3.05, 3.63) is 0 Å². The van der Waals surface area contributed by atoms with E-state index in [2.05, 4.69) is 38.0 Å². The van der Waals surface area contributed by atoms with Crippen molar-refractivity contribution < 1.29 is 9.53 Å². The Kier molecular flexibility index (Phi) is 6.54. The molecule has 9 heteroatoms. The first kappa shape index (κ1) is 21.4. The number of anilines is 1. The fraction of sp³-hybridized carbons (Fsp3) is 0.810. The fourth-order valence-corrected chi connectivity index (χ4v) is 5.06. The van der Waals surface area contributed by atoms with Gasteiger partial charge in [-0.1, -0.05) is 18.7 Å². The smallest absolute Gasteiger partial charge is 0.231 e. The van der Waals surface area contributed by atoms with Crippen molar-refractivity contribution in [1.29, 1.82) is 5.26 Å². The number of nitrogens with one attached hydrogen (secondary N) is 1. The van der Waals surface area contributed by atoms with Crippen molar-refractivity contribution in [1.82, 2.24) is 20.1 Å². The first-order valence-electron chi connectivity index (χ1n) is 11.1. The van der Waals surface area contributed by atoms with Crippen LogP contribution in [0.1, 0.15) is 52.4 Å². The lowest BCUT2D eigenvalue weighted by atomic mass is 9.98. The molecule has 1 amide bonds. The van der Waals surface area contributed by atoms with Crippen molar-refractivity contribution in [2.24, 2.45) is 11.8 Å². The summed E-state index contributed by atoms with van der Waals surface area (Å²) >= 11 is 1.39. The van der Waals surface area contributed by atoms with Crippen molar-refractivity contribution in [3.63, 3.8) is 0 Å². The van der Waals surface area contributed by atoms with Gasteiger partial charge in [0.25, 0.3) is 0 Å². The van der Waals surface area contributed by atoms with Crippen LogP contribution in [-0.4, -0.2) is 57.8 Å². The van der Waals surface area contributed by atoms with Crippen molar-refractivity contribution in [3.8, 4) is 6.07 Å². The molecular formula is C21H32N6O2S. The Hall–Kier alpha value is -1.79. The molecule has 0 radical (unpaired) electrons. The summed E-state index contributed by atoms with van der Waals surface area (Å²) in [4.78, 5) is 14.9. The summed E-state index contributed by atoms with van der Waals surface area (Å²) in [6, 6.07) is 2.28. The molecule has 0 unspecified atom stereocenters. The van der Waals surface area contributed by atoms with Gasteiger partial charge in [-0.05, 0) is 57.3 Å². The van der Waals surface area contributed by atoms with E-state index in [1.165, 1.54) is 11.8 Å². The average molecular weight is 433 g/mol. The molecule has 8 nitrogen and oxygen atoms in total. The van der Waals surface area contributed by atoms with Crippen molar-refractivity contribution >= 4 is 23.6 Å². The first-order chi connectivity index (χ1) is 14.5. The SMILES string of the molecule is CC1CCN(c2nnc(SCC(=O)N[C@@](C)(C#N)C3CC3)n2C[C@@H]2CCCO2)CC1. The van der Waals surface area contributed by atoms with Crippen LogP contribution in [0.5, 0.6) is 0 Å². The minimum atomic E-state index is -0.765. The molecule has 1 saturated carbocycles. The predicted molar refractivity (Wildman–Crippen MR) is 115 cm³/mol. The van der Waals surface area contributed by atoms with Crippen LogP contribution in [0.4, 0.5) is 5.95 Å². The van der Waals surface area contributed by atoms with E-state index in [1.54, 1.807) is 0 Å². The number of piperidine rings is 1. The van der Waals surface area contributed by atoms with E-state index < -0.39 is 5.54 Å². The Balaban J connectivity index is 1.43. The molecule has 0 bridgehead atoms. The zero-order chi connectivity index (χ0) is 21.1. The third-order valence-electron chi connectivity index (χ3n) is 6.53. The highest BCUT2D eigenvalue weighted by Gasteiger charge is 2.43. The molecule has 4 rings (SSSR count). The summed E-state index contributed by atoms with van der Waals surface area (Å²) in [5, 5.41) is 22.1. The summed E-state index contributed by atoms with van der Waals surface area (Å²) in [6.07, 6.45) is 6.63. The van der Waals surface area contributed by atoms with E-state index in [0.29, 0.717) is 0 Å². The van der Waals surface area contributed by atoms with Gasteiger partial charge < -0.3 is 15.0 Å². The van der Waals surface area contributed by atoms with Crippen LogP contribution in [-0.2, 0) is 16.1 Å². The van der Waals surface area contributed by atoms with Crippen LogP contribution in [0.15, 0.2) is 5.16 Å². The van der Waals surface area contributed by atoms with Gasteiger partial charge in [0.2, 0.25) is 11.9 Å². The molecule has 2 atom stereocenters. The maximum Gasteiger partial charge on any atom is 0.231 e. The maximum absolute atomic E-state index is 12.5. The highest BCUT2D eigenvalue weighted by molar-refractivity contribution is 7.99. The second-order valence-corrected chi connectivity index (χ2v) is 10.1. The van der Waals surface area contributed by atoms with E-state index in [-0.39, 0.29) is 23.7 Å². The molecule has 1 N–H and O–H groups in total. The fourth-order valence-electron chi connectivity index (χ4n) is 4.32. The minimum Gasteiger partial charge on any atom is -0.376 e. The second-order valence-electron chi connectivity index (χ2n) is 9.12. The van der Waals surface area contributed by atoms with Gasteiger partial charge in [0.05, 0.1) is 24.5 Å². The lowest BCUT2D eigenvalue weighted by molar-refractivity contribution is -0.119. The molecule has 0 spiro atoms. The van der Waals surface area contributed by atoms with Crippen molar-refractivity contribution in [2.75, 3.05) is 30.3 Å². The van der Waals surface area contributed by atoms with Gasteiger partial charge in [-0.15, -0.1) is 10.2 Å². The number of rotatable bonds is 8. The second kappa shape index (κ2) is 9.15. The molecule has 1 aromatic heterocycles. The molecule has 3 heterocycles. The predicted octanol–water partition coefficient (Wildman–Crippen LogP) is 2.59. The third kappa shape index (κ3) is 4.92. The topological polar surface area (TPSA) is 96.1 Å². The molecule has 2 saturated heterocycles. The number of carbonyl (C=O) groups excluding carboxylic acids is 1. The Morgan fingerprint density at radius 3 is 2.70 bits per heavy atom. The van der Waals surface area contributed by atoms with E-state index in [4.69, 9.17) is 4.74 Å². The van der Waals surface area contributed by atoms with Gasteiger partial charge in [-0.3, -0.25) is 9.36 Å². The Morgan fingerprint density at radius 1 is 1.30 bits per heavy atom. The van der Waals surface area contributed by atoms with Gasteiger partial charge >= 0.3 is 0 Å². The molecule has 0 aromatic carbocycles. The van der Waals surface area contributed by atoms with Gasteiger partial charge in [0, 0.05) is 19.7 Å². The summed E-state index contributed by atoms with van der Waals surface area (Å²) in [5.74, 6) is 2.00. The summed E-state index contributed by atoms with van der Waals surface area (Å²) < 4.78 is 7.99. The van der Waals surface area contributed by atoms with E-state index >= 15 is 0 Å². The number of carbonyl (C=O) groups is 1. The van der Waals surface area contributed by atoms with Gasteiger partial charge in [-0.2, -0.15) is 5.26 Å². The Morgan fingerprint density at radius 2 is 2.07 bits per heavy atom. The maximum atomic E-state index is 12.5. The standard InChI is InChI=1S/C21H32N6O2S/c1-15-7-9-26(10-8-15)19-24-25-20(27(19)12-17-4-3-11-29-17)30-13-18(28)23-21(2,14-22)16-5-6-16/h15-17H,3-13H2,1-2H3,(H,23,28)/t17-,21-/m0/s1. The zero-order valence-electron chi connectivity index (χ0n) is 18.0. The van der Waals surface area contributed by atoms with Crippen LogP contribution in [0.2, 0.25) is 0 Å². The van der Waals surface area contributed by atoms with Crippen LogP contribution >= 0.6 is 11.8 Å². The molecule has 3 aliphatic rings. The van der Waals surface area contributed by atoms with Gasteiger partial charge in [-0.25, -0.2) is 0 Å². The number of ether oxygens (including phenoxy) is 1. The molecule has 164 valence electrons. The van der Waals surface area contributed by atoms with E-state index in [0.717, 1.165) is 81.8 Å². The van der Waals surface area contributed by atoms with Crippen LogP contribution in [0.25, 0.3) is 0 Å². The third-order valence-corrected chi connectivity index (χ3v) is 7.50. The van der Waals surface area contributed by atoms with E-state index in [1.807, 2.05) is 6.92 Å². The quantitative estimate of drug-likeness (QED) is 0.631. The largest absolute Gasteiger partial charge is 0.376 e. The van der Waals surface area contributed by atoms with Crippen molar-refractivity contribution in [2.45, 2.75) is 75.7 Å². The van der Waals surface area contributed by atoms with E-state index in [9.17, 15) is 10.1 Å². The van der Waals surface area contributed by atoms with Crippen LogP contribution in [0.3, 0.4) is 0 Å². The lowest BCUT2D eigenvalue weighted by Crippen LogP contribution is -2.47. The number of nitriles is 1. The zero-order valence-corrected chi connectivity index (χ0v) is 18.8. The van der Waals surface area contributed by atoms with Crippen LogP contribution in [0, 0.1) is 23.2 Å². The summed E-state index contributed by atoms with van der Waals surface area (Å²) in [7, 11) is 0. The monoisotopic (exact) mass is 432 g/mol. The number of thioether (sulfide) groups is 1. The molecule has 2 aliphatic heterocycles. The van der Waals surface area contributed by atoms with Gasteiger partial charge in [0.1, 0.15) is 5.54 Å². The Bertz CT molecular complexity index is 790. The molecule has 1 aliphatic carbocycles. The highest BCUT2D eigenvalue weighted by Crippen LogP contribution is 2.39. The normalized spacial score (nSPS) is 24.4. The Labute approximate surface area is 182 Å². The molecular weight excluding hydrogens is 400 g/mol. The number of hydrogen-bond acceptors (Lipinski definition) is 7. The summed E-state index contributed by atoms with van der Waals surface area (Å²) in [6.45, 7) is 7.61. The minimum absolute atomic E-state index is 0.129. The van der Waals surface area contributed by atoms with Gasteiger partial charge in [0.15, 0.2) is 5.16 Å². The summed E-state index contributed by atoms with van der Waals surface area (Å²) in [5.41, 5.74) is -0.765. The number of amides is 1.